The molecule has 0 saturated carbocycles. The molecule has 0 bridgehead atoms. The minimum atomic E-state index is -0.841. The summed E-state index contributed by atoms with van der Waals surface area (Å²) in [5.41, 5.74) is 1.68. The number of halogens is 1. The first kappa shape index (κ1) is 24.5. The summed E-state index contributed by atoms with van der Waals surface area (Å²) in [4.78, 5) is 45.8. The third-order valence-corrected chi connectivity index (χ3v) is 6.66. The molecule has 0 spiro atoms. The van der Waals surface area contributed by atoms with E-state index in [1.807, 2.05) is 16.8 Å². The molecule has 9 nitrogen and oxygen atoms in total. The van der Waals surface area contributed by atoms with Crippen molar-refractivity contribution in [3.05, 3.63) is 81.1 Å². The Labute approximate surface area is 210 Å². The number of methoxy groups -OCH3 is 1. The molecule has 35 heavy (non-hydrogen) atoms. The molecule has 1 fully saturated rings. The van der Waals surface area contributed by atoms with Crippen LogP contribution in [0.5, 0.6) is 0 Å². The minimum Gasteiger partial charge on any atom is -0.872 e. The third kappa shape index (κ3) is 4.53. The quantitative estimate of drug-likeness (QED) is 0.156. The molecular formula is C25H25BrN4O5. The number of carbonyl (C=O) groups is 3. The van der Waals surface area contributed by atoms with E-state index in [0.717, 1.165) is 4.47 Å². The van der Waals surface area contributed by atoms with Crippen LogP contribution in [-0.2, 0) is 20.9 Å². The van der Waals surface area contributed by atoms with Gasteiger partial charge in [0, 0.05) is 28.7 Å². The highest BCUT2D eigenvalue weighted by molar-refractivity contribution is 9.10. The summed E-state index contributed by atoms with van der Waals surface area (Å²) < 4.78 is 7.50. The molecule has 1 unspecified atom stereocenters. The van der Waals surface area contributed by atoms with Crippen LogP contribution < -0.4 is 9.67 Å². The number of hydrogen-bond acceptors (Lipinski definition) is 5. The summed E-state index contributed by atoms with van der Waals surface area (Å²) in [5, 5.41) is 13.8. The van der Waals surface area contributed by atoms with Crippen LogP contribution in [0.3, 0.4) is 0 Å². The molecule has 2 N–H and O–H groups in total. The number of esters is 1. The second-order valence-corrected chi connectivity index (χ2v) is 9.26. The van der Waals surface area contributed by atoms with Gasteiger partial charge in [0.05, 0.1) is 19.7 Å². The normalized spacial score (nSPS) is 17.3. The van der Waals surface area contributed by atoms with E-state index in [2.05, 4.69) is 25.9 Å². The van der Waals surface area contributed by atoms with Crippen molar-refractivity contribution in [1.82, 2.24) is 14.9 Å². The Bertz CT molecular complexity index is 1330. The Morgan fingerprint density at radius 2 is 2.06 bits per heavy atom. The minimum absolute atomic E-state index is 0.121. The van der Waals surface area contributed by atoms with Crippen molar-refractivity contribution in [3.8, 4) is 0 Å². The van der Waals surface area contributed by atoms with Gasteiger partial charge in [-0.2, -0.15) is 0 Å². The van der Waals surface area contributed by atoms with Gasteiger partial charge in [-0.1, -0.05) is 33.8 Å². The highest BCUT2D eigenvalue weighted by atomic mass is 79.9. The summed E-state index contributed by atoms with van der Waals surface area (Å²) in [5.74, 6) is -2.72. The number of nitrogens with zero attached hydrogens (tertiary/aromatic N) is 2. The number of aryl methyl sites for hydroxylation is 2. The van der Waals surface area contributed by atoms with Gasteiger partial charge in [-0.3, -0.25) is 14.6 Å². The summed E-state index contributed by atoms with van der Waals surface area (Å²) in [6, 6.07) is 6.38. The van der Waals surface area contributed by atoms with Crippen LogP contribution >= 0.6 is 15.9 Å². The van der Waals surface area contributed by atoms with Gasteiger partial charge in [0.15, 0.2) is 0 Å². The van der Waals surface area contributed by atoms with Gasteiger partial charge >= 0.3 is 5.97 Å². The molecule has 182 valence electrons. The second-order valence-electron chi connectivity index (χ2n) is 8.35. The third-order valence-electron chi connectivity index (χ3n) is 6.17. The second kappa shape index (κ2) is 9.91. The molecule has 1 atom stereocenters. The lowest BCUT2D eigenvalue weighted by atomic mass is 9.94. The maximum absolute atomic E-state index is 13.8. The monoisotopic (exact) mass is 540 g/mol. The average molecular weight is 541 g/mol. The van der Waals surface area contributed by atoms with Crippen molar-refractivity contribution in [1.29, 1.82) is 0 Å². The largest absolute Gasteiger partial charge is 0.872 e. The Balaban J connectivity index is 1.80. The lowest BCUT2D eigenvalue weighted by molar-refractivity contribution is -0.695. The number of likely N-dealkylation sites (tertiary alicyclic amines) is 1. The number of aromatic nitrogens is 3. The maximum Gasteiger partial charge on any atom is 0.354 e. The summed E-state index contributed by atoms with van der Waals surface area (Å²) in [6.45, 7) is 4.18. The average Bonchev–Trinajstić information content (AvgIpc) is 3.52. The van der Waals surface area contributed by atoms with Gasteiger partial charge in [0.1, 0.15) is 18.1 Å². The molecule has 10 heteroatoms. The van der Waals surface area contributed by atoms with Crippen LogP contribution in [-0.4, -0.2) is 46.2 Å². The summed E-state index contributed by atoms with van der Waals surface area (Å²) in [7, 11) is 1.25. The van der Waals surface area contributed by atoms with E-state index in [4.69, 9.17) is 4.74 Å². The van der Waals surface area contributed by atoms with Crippen molar-refractivity contribution in [2.45, 2.75) is 32.9 Å². The summed E-state index contributed by atoms with van der Waals surface area (Å²) in [6.07, 6.45) is 6.06. The molecule has 0 radical (unpaired) electrons. The van der Waals surface area contributed by atoms with Crippen molar-refractivity contribution < 1.29 is 28.8 Å². The summed E-state index contributed by atoms with van der Waals surface area (Å²) >= 11 is 3.44. The first-order valence-corrected chi connectivity index (χ1v) is 11.9. The van der Waals surface area contributed by atoms with Crippen LogP contribution in [0.15, 0.2) is 53.0 Å². The van der Waals surface area contributed by atoms with Gasteiger partial charge in [-0.05, 0) is 42.7 Å². The van der Waals surface area contributed by atoms with Crippen LogP contribution in [0.1, 0.15) is 45.3 Å². The zero-order valence-electron chi connectivity index (χ0n) is 19.6. The van der Waals surface area contributed by atoms with Gasteiger partial charge < -0.3 is 19.7 Å². The topological polar surface area (TPSA) is 122 Å². The van der Waals surface area contributed by atoms with E-state index in [0.29, 0.717) is 29.8 Å². The number of rotatable bonds is 7. The predicted octanol–water partition coefficient (Wildman–Crippen LogP) is 2.11. The number of benzene rings is 1. The molecule has 1 aliphatic rings. The maximum atomic E-state index is 13.8. The van der Waals surface area contributed by atoms with Crippen molar-refractivity contribution in [3.63, 3.8) is 0 Å². The highest BCUT2D eigenvalue weighted by Gasteiger charge is 2.44. The number of ketones is 1. The van der Waals surface area contributed by atoms with Crippen LogP contribution in [0.4, 0.5) is 0 Å². The first-order chi connectivity index (χ1) is 16.7. The molecule has 3 aromatic rings. The van der Waals surface area contributed by atoms with E-state index in [9.17, 15) is 19.5 Å². The Morgan fingerprint density at radius 3 is 2.71 bits per heavy atom. The van der Waals surface area contributed by atoms with Crippen LogP contribution in [0, 0.1) is 13.8 Å². The smallest absolute Gasteiger partial charge is 0.354 e. The number of Topliss-reactive ketones (excluding diaryl/α,β-unsaturated/α-hetero) is 1. The number of imidazole rings is 1. The fraction of sp³-hybridized carbons (Fsp3) is 0.280. The van der Waals surface area contributed by atoms with Crippen LogP contribution in [0.25, 0.3) is 5.76 Å². The standard InChI is InChI=1S/C25H25BrN4O5/c1-14-18(15(2)28-20(14)25(34)35-3)22(31)19-21(16-6-4-7-17(26)12-16)30(24(33)23(19)32)10-5-9-29-11-8-27-13-29/h4,6-8,11-13,21H,5,9-10H2,1-3H3,(H2,28,31,32,34). The molecule has 0 aliphatic carbocycles. The van der Waals surface area contributed by atoms with Crippen molar-refractivity contribution in [2.24, 2.45) is 0 Å². The van der Waals surface area contributed by atoms with Gasteiger partial charge in [-0.25, -0.2) is 9.36 Å². The highest BCUT2D eigenvalue weighted by Crippen LogP contribution is 2.40. The number of aromatic amines is 2. The van der Waals surface area contributed by atoms with E-state index >= 15 is 0 Å². The van der Waals surface area contributed by atoms with E-state index < -0.39 is 29.5 Å². The van der Waals surface area contributed by atoms with Crippen LogP contribution in [0.2, 0.25) is 0 Å². The zero-order chi connectivity index (χ0) is 25.3. The van der Waals surface area contributed by atoms with Gasteiger partial charge in [-0.15, -0.1) is 0 Å². The number of carbonyl (C=O) groups excluding carboxylic acids is 3. The number of nitrogens with one attached hydrogen (secondary N) is 2. The Morgan fingerprint density at radius 1 is 1.29 bits per heavy atom. The Kier molecular flexibility index (Phi) is 6.93. The van der Waals surface area contributed by atoms with E-state index in [1.165, 1.54) is 12.0 Å². The van der Waals surface area contributed by atoms with Crippen molar-refractivity contribution in [2.75, 3.05) is 13.7 Å². The molecule has 2 aromatic heterocycles. The lowest BCUT2D eigenvalue weighted by Gasteiger charge is -2.27. The number of ether oxygens (including phenoxy) is 1. The van der Waals surface area contributed by atoms with Gasteiger partial charge in [0.25, 0.3) is 5.91 Å². The lowest BCUT2D eigenvalue weighted by Crippen LogP contribution is -2.36. The molecule has 1 aromatic carbocycles. The molecular weight excluding hydrogens is 516 g/mol. The van der Waals surface area contributed by atoms with Crippen molar-refractivity contribution >= 4 is 39.3 Å². The molecule has 1 saturated heterocycles. The molecule has 1 aliphatic heterocycles. The van der Waals surface area contributed by atoms with Gasteiger partial charge in [0.2, 0.25) is 12.1 Å². The predicted molar refractivity (Wildman–Crippen MR) is 128 cm³/mol. The number of amides is 1. The zero-order valence-corrected chi connectivity index (χ0v) is 21.1. The number of H-pyrrole nitrogens is 2. The molecule has 1 amide bonds. The fourth-order valence-electron chi connectivity index (χ4n) is 4.54. The first-order valence-electron chi connectivity index (χ1n) is 11.1. The number of hydrogen-bond donors (Lipinski definition) is 2. The Hall–Kier alpha value is -3.66. The van der Waals surface area contributed by atoms with E-state index in [1.54, 1.807) is 44.6 Å². The fourth-order valence-corrected chi connectivity index (χ4v) is 4.96. The molecule has 4 rings (SSSR count). The SMILES string of the molecule is COC(=O)c1[nH]c(C)c(/C([O-])=C2\C(=O)C(=O)N(CCC[n+]3cc[nH]c3)C2c2cccc(Br)c2)c1C. The van der Waals surface area contributed by atoms with E-state index in [-0.39, 0.29) is 23.4 Å². The molecule has 3 heterocycles.